The molecule has 0 aliphatic carbocycles. The molecule has 456 valence electrons. The number of amides is 7. The summed E-state index contributed by atoms with van der Waals surface area (Å²) in [5.74, 6) is -14.3. The number of unbranched alkanes of at least 4 members (excludes halogenated alkanes) is 1. The van der Waals surface area contributed by atoms with Crippen LogP contribution in [0.1, 0.15) is 92.4 Å². The number of aliphatic carboxylic acids is 7. The normalized spacial score (nSPS) is 15.1. The van der Waals surface area contributed by atoms with Gasteiger partial charge in [-0.1, -0.05) is 19.9 Å². The zero-order valence-corrected chi connectivity index (χ0v) is 45.3. The third kappa shape index (κ3) is 31.8. The van der Waals surface area contributed by atoms with E-state index >= 15 is 0 Å². The van der Waals surface area contributed by atoms with E-state index in [4.69, 9.17) is 15.1 Å². The lowest BCUT2D eigenvalue weighted by atomic mass is 10.1. The SMILES string of the molecule is CCC(=O)O.CCC(=O)O.O=C(O)CCC(NC(=O)CNC(=O)c1cccc(C(=O)ON2C(=O)CCC2=O)c1)C(=O)NCC(=O)N[C@H](CCCCNC(=O)CN1CCN(CC(=O)O)CCN(CC(=O)O)CCN(CC(=O)O)CC1)C(=O)O. The number of rotatable bonds is 29. The summed E-state index contributed by atoms with van der Waals surface area (Å²) in [6.07, 6.45) is -0.516. The number of hydrogen-bond acceptors (Lipinski definition) is 20. The third-order valence-corrected chi connectivity index (χ3v) is 11.5. The van der Waals surface area contributed by atoms with E-state index in [9.17, 15) is 97.5 Å². The van der Waals surface area contributed by atoms with Gasteiger partial charge in [-0.15, -0.1) is 5.06 Å². The van der Waals surface area contributed by atoms with Crippen LogP contribution in [0.15, 0.2) is 24.3 Å². The van der Waals surface area contributed by atoms with E-state index in [1.165, 1.54) is 18.2 Å². The van der Waals surface area contributed by atoms with Gasteiger partial charge in [0.05, 0.1) is 44.8 Å². The van der Waals surface area contributed by atoms with Crippen LogP contribution >= 0.6 is 0 Å². The van der Waals surface area contributed by atoms with Crippen LogP contribution in [-0.2, 0) is 67.2 Å². The van der Waals surface area contributed by atoms with E-state index in [2.05, 4.69) is 26.6 Å². The highest BCUT2D eigenvalue weighted by Gasteiger charge is 2.33. The molecule has 33 heteroatoms. The van der Waals surface area contributed by atoms with Gasteiger partial charge in [0.1, 0.15) is 12.1 Å². The Kier molecular flexibility index (Phi) is 33.8. The van der Waals surface area contributed by atoms with E-state index in [0.29, 0.717) is 5.06 Å². The minimum absolute atomic E-state index is 0.0995. The maximum atomic E-state index is 13.0. The maximum absolute atomic E-state index is 13.0. The molecular weight excluding hydrogens is 1100 g/mol. The van der Waals surface area contributed by atoms with Crippen LogP contribution in [0.2, 0.25) is 0 Å². The fourth-order valence-electron chi connectivity index (χ4n) is 7.16. The van der Waals surface area contributed by atoms with Gasteiger partial charge in [-0.25, -0.2) is 9.59 Å². The lowest BCUT2D eigenvalue weighted by Gasteiger charge is -2.32. The summed E-state index contributed by atoms with van der Waals surface area (Å²) < 4.78 is 0. The Morgan fingerprint density at radius 3 is 1.37 bits per heavy atom. The molecule has 2 saturated heterocycles. The van der Waals surface area contributed by atoms with Gasteiger partial charge in [-0.2, -0.15) is 0 Å². The van der Waals surface area contributed by atoms with Gasteiger partial charge >= 0.3 is 47.8 Å². The van der Waals surface area contributed by atoms with Crippen LogP contribution in [0, 0.1) is 0 Å². The van der Waals surface area contributed by atoms with Gasteiger partial charge in [0.15, 0.2) is 0 Å². The first-order chi connectivity index (χ1) is 38.6. The monoisotopic (exact) mass is 1170 g/mol. The molecule has 33 nitrogen and oxygen atoms in total. The Labute approximate surface area is 469 Å². The number of carboxylic acids is 7. The molecule has 3 rings (SSSR count). The van der Waals surface area contributed by atoms with Gasteiger partial charge < -0.3 is 67.2 Å². The zero-order valence-electron chi connectivity index (χ0n) is 45.3. The smallest absolute Gasteiger partial charge is 0.363 e. The van der Waals surface area contributed by atoms with Crippen LogP contribution in [0.3, 0.4) is 0 Å². The first-order valence-corrected chi connectivity index (χ1v) is 25.7. The molecule has 0 spiro atoms. The predicted molar refractivity (Wildman–Crippen MR) is 278 cm³/mol. The van der Waals surface area contributed by atoms with Crippen LogP contribution in [-0.4, -0.2) is 260 Å². The lowest BCUT2D eigenvalue weighted by Crippen LogP contribution is -2.52. The van der Waals surface area contributed by atoms with Crippen molar-refractivity contribution in [2.75, 3.05) is 98.2 Å². The third-order valence-electron chi connectivity index (χ3n) is 11.5. The van der Waals surface area contributed by atoms with Crippen molar-refractivity contribution in [1.29, 1.82) is 0 Å². The second-order valence-corrected chi connectivity index (χ2v) is 18.1. The van der Waals surface area contributed by atoms with E-state index in [-0.39, 0.29) is 141 Å². The van der Waals surface area contributed by atoms with Crippen molar-refractivity contribution in [2.24, 2.45) is 0 Å². The molecule has 2 aliphatic heterocycles. The fraction of sp³-hybridized carbons (Fsp3) is 0.571. The standard InChI is InChI=1S/C43H60N10O19.2C3H6O2/c54-31(21-45-40(67)27-4-3-5-28(20-27)43(71)72-53-34(57)8-9-35(53)58)47-29(7-10-36(59)60)41(68)46-22-32(55)48-30(42(69)70)6-1-2-11-44-33(56)23-49-12-14-50(24-37(61)62)16-18-52(26-39(65)66)19-17-51(15-13-49)25-38(63)64;2*1-2-3(4)5/h3-5,20,29-30H,1-2,6-19,21-26H2,(H,44,56)(H,45,67)(H,46,68)(H,47,54)(H,48,55)(H,59,60)(H,61,62)(H,63,64)(H,65,66)(H,69,70);2*2H2,1H3,(H,4,5)/t29?,30-;;/m1../s1. The molecule has 2 fully saturated rings. The predicted octanol–water partition coefficient (Wildman–Crippen LogP) is -3.60. The van der Waals surface area contributed by atoms with Crippen molar-refractivity contribution < 1.29 is 113 Å². The topological polar surface area (TPSA) is 483 Å². The molecule has 2 aliphatic rings. The van der Waals surface area contributed by atoms with Crippen molar-refractivity contribution in [3.63, 3.8) is 0 Å². The minimum atomic E-state index is -1.53. The molecule has 1 unspecified atom stereocenters. The summed E-state index contributed by atoms with van der Waals surface area (Å²) in [5, 5.41) is 74.6. The molecule has 2 atom stereocenters. The second-order valence-electron chi connectivity index (χ2n) is 18.1. The van der Waals surface area contributed by atoms with Crippen molar-refractivity contribution in [1.82, 2.24) is 51.2 Å². The second kappa shape index (κ2) is 38.8. The Bertz CT molecular complexity index is 2360. The van der Waals surface area contributed by atoms with Crippen LogP contribution < -0.4 is 26.6 Å². The van der Waals surface area contributed by atoms with E-state index in [1.54, 1.807) is 33.4 Å². The first-order valence-electron chi connectivity index (χ1n) is 25.7. The Morgan fingerprint density at radius 1 is 0.512 bits per heavy atom. The molecule has 0 radical (unpaired) electrons. The lowest BCUT2D eigenvalue weighted by molar-refractivity contribution is -0.172. The minimum Gasteiger partial charge on any atom is -0.481 e. The average Bonchev–Trinajstić information content (AvgIpc) is 3.81. The number of carboxylic acid groups (broad SMARTS) is 7. The Hall–Kier alpha value is -8.69. The molecular formula is C49H72N10O23. The summed E-state index contributed by atoms with van der Waals surface area (Å²) >= 11 is 0. The molecule has 0 saturated carbocycles. The highest BCUT2D eigenvalue weighted by molar-refractivity contribution is 6.04. The number of hydroxylamine groups is 2. The van der Waals surface area contributed by atoms with Crippen molar-refractivity contribution in [3.8, 4) is 0 Å². The fourth-order valence-corrected chi connectivity index (χ4v) is 7.16. The summed E-state index contributed by atoms with van der Waals surface area (Å²) in [7, 11) is 0. The molecule has 0 aromatic heterocycles. The summed E-state index contributed by atoms with van der Waals surface area (Å²) in [5.41, 5.74) is -0.343. The van der Waals surface area contributed by atoms with Crippen molar-refractivity contribution in [3.05, 3.63) is 35.4 Å². The van der Waals surface area contributed by atoms with Crippen LogP contribution in [0.4, 0.5) is 0 Å². The number of imide groups is 1. The summed E-state index contributed by atoms with van der Waals surface area (Å²) in [6.45, 7) is 2.30. The molecule has 12 N–H and O–H groups in total. The molecule has 1 aromatic rings. The number of nitrogens with one attached hydrogen (secondary N) is 5. The van der Waals surface area contributed by atoms with Crippen LogP contribution in [0.25, 0.3) is 0 Å². The largest absolute Gasteiger partial charge is 0.481 e. The molecule has 1 aromatic carbocycles. The average molecular weight is 1170 g/mol. The maximum Gasteiger partial charge on any atom is 0.363 e. The van der Waals surface area contributed by atoms with Gasteiger partial charge in [0.2, 0.25) is 23.6 Å². The number of nitrogens with zero attached hydrogens (tertiary/aromatic N) is 5. The number of carbonyl (C=O) groups excluding carboxylic acids is 8. The Balaban J connectivity index is 0.00000308. The van der Waals surface area contributed by atoms with E-state index < -0.39 is 127 Å². The first kappa shape index (κ1) is 71.3. The van der Waals surface area contributed by atoms with E-state index in [1.807, 2.05) is 0 Å². The number of benzene rings is 1. The molecule has 7 amide bonds. The highest BCUT2D eigenvalue weighted by atomic mass is 16.7. The van der Waals surface area contributed by atoms with Gasteiger partial charge in [0.25, 0.3) is 17.7 Å². The number of hydrogen-bond donors (Lipinski definition) is 12. The van der Waals surface area contributed by atoms with Crippen molar-refractivity contribution in [2.45, 2.75) is 83.7 Å². The molecule has 0 bridgehead atoms. The Morgan fingerprint density at radius 2 is 0.939 bits per heavy atom. The van der Waals surface area contributed by atoms with Crippen molar-refractivity contribution >= 4 is 89.1 Å². The van der Waals surface area contributed by atoms with Crippen LogP contribution in [0.5, 0.6) is 0 Å². The van der Waals surface area contributed by atoms with Gasteiger partial charge in [-0.3, -0.25) is 81.9 Å². The van der Waals surface area contributed by atoms with Gasteiger partial charge in [-0.05, 0) is 43.9 Å². The zero-order chi connectivity index (χ0) is 61.9. The highest BCUT2D eigenvalue weighted by Crippen LogP contribution is 2.15. The van der Waals surface area contributed by atoms with Gasteiger partial charge in [0, 0.05) is 96.6 Å². The quantitative estimate of drug-likeness (QED) is 0.0272. The molecule has 2 heterocycles. The summed E-state index contributed by atoms with van der Waals surface area (Å²) in [4.78, 5) is 188. The molecule has 82 heavy (non-hydrogen) atoms. The number of carbonyl (C=O) groups is 15. The van der Waals surface area contributed by atoms with E-state index in [0.717, 1.165) is 6.07 Å². The summed E-state index contributed by atoms with van der Waals surface area (Å²) in [6, 6.07) is 1.93.